The quantitative estimate of drug-likeness (QED) is 0.321. The highest BCUT2D eigenvalue weighted by atomic mass is 32.2. The molecule has 14 heteroatoms. The molecule has 1 aromatic carbocycles. The second-order valence-corrected chi connectivity index (χ2v) is 11.1. The first-order valence-electron chi connectivity index (χ1n) is 12.5. The van der Waals surface area contributed by atoms with Gasteiger partial charge in [-0.3, -0.25) is 9.11 Å². The van der Waals surface area contributed by atoms with E-state index in [2.05, 4.69) is 24.7 Å². The fourth-order valence-electron chi connectivity index (χ4n) is 4.39. The molecule has 0 spiro atoms. The normalized spacial score (nSPS) is 15.9. The Morgan fingerprint density at radius 1 is 1.15 bits per heavy atom. The van der Waals surface area contributed by atoms with E-state index in [1.54, 1.807) is 6.07 Å². The van der Waals surface area contributed by atoms with Crippen LogP contribution in [0.15, 0.2) is 42.6 Å². The summed E-state index contributed by atoms with van der Waals surface area (Å²) in [5.41, 5.74) is 6.33. The summed E-state index contributed by atoms with van der Waals surface area (Å²) in [6.07, 6.45) is 1.06. The Morgan fingerprint density at radius 3 is 2.73 bits per heavy atom. The second kappa shape index (κ2) is 11.2. The van der Waals surface area contributed by atoms with Crippen molar-refractivity contribution in [2.24, 2.45) is 0 Å². The second-order valence-electron chi connectivity index (χ2n) is 9.27. The van der Waals surface area contributed by atoms with Crippen LogP contribution in [0.1, 0.15) is 13.3 Å². The summed E-state index contributed by atoms with van der Waals surface area (Å²) < 4.78 is 75.0. The average Bonchev–Trinajstić information content (AvgIpc) is 2.92. The molecule has 1 aliphatic rings. The Kier molecular flexibility index (Phi) is 7.72. The standard InChI is InChI=1S/C26H26F3N7O3S/c1-15-14-39-10-9-36(15)26-24-21(33-25(34-26)17-13-31-22(30)12-18(17)28)7-6-19(32-24)16-4-2-5-20(23(16)29)35-40(37,38)11-3-8-27/h2,4-7,12-13,15,35H,3,8-11,14H2,1H3,(H2,30,31)/t15-/m1/s1. The molecule has 3 N–H and O–H groups in total. The van der Waals surface area contributed by atoms with Gasteiger partial charge in [-0.25, -0.2) is 37.1 Å². The molecular weight excluding hydrogens is 547 g/mol. The monoisotopic (exact) mass is 573 g/mol. The van der Waals surface area contributed by atoms with Gasteiger partial charge >= 0.3 is 0 Å². The van der Waals surface area contributed by atoms with Crippen LogP contribution in [0, 0.1) is 11.6 Å². The zero-order valence-corrected chi connectivity index (χ0v) is 22.3. The molecule has 0 aliphatic carbocycles. The number of ether oxygens (including phenoxy) is 1. The molecule has 10 nitrogen and oxygen atoms in total. The number of alkyl halides is 1. The highest BCUT2D eigenvalue weighted by molar-refractivity contribution is 7.92. The van der Waals surface area contributed by atoms with E-state index in [-0.39, 0.29) is 46.6 Å². The topological polar surface area (TPSA) is 136 Å². The van der Waals surface area contributed by atoms with Gasteiger partial charge in [0, 0.05) is 24.4 Å². The van der Waals surface area contributed by atoms with E-state index in [9.17, 15) is 17.2 Å². The number of fused-ring (bicyclic) bond motifs is 1. The van der Waals surface area contributed by atoms with Crippen molar-refractivity contribution in [3.8, 4) is 22.6 Å². The number of hydrogen-bond acceptors (Lipinski definition) is 9. The fraction of sp³-hybridized carbons (Fsp3) is 0.308. The first-order valence-corrected chi connectivity index (χ1v) is 14.1. The number of anilines is 3. The third kappa shape index (κ3) is 5.63. The van der Waals surface area contributed by atoms with Crippen molar-refractivity contribution in [1.82, 2.24) is 19.9 Å². The van der Waals surface area contributed by atoms with Crippen LogP contribution in [0.5, 0.6) is 0 Å². The van der Waals surface area contributed by atoms with Crippen LogP contribution in [-0.4, -0.2) is 66.6 Å². The number of halogens is 3. The van der Waals surface area contributed by atoms with Gasteiger partial charge in [-0.1, -0.05) is 6.07 Å². The minimum atomic E-state index is -3.95. The number of pyridine rings is 2. The summed E-state index contributed by atoms with van der Waals surface area (Å²) in [5.74, 6) is -1.46. The number of benzene rings is 1. The van der Waals surface area contributed by atoms with Crippen molar-refractivity contribution in [1.29, 1.82) is 0 Å². The van der Waals surface area contributed by atoms with Gasteiger partial charge in [-0.2, -0.15) is 0 Å². The highest BCUT2D eigenvalue weighted by Gasteiger charge is 2.26. The molecule has 3 aromatic heterocycles. The summed E-state index contributed by atoms with van der Waals surface area (Å²) in [7, 11) is -3.95. The molecule has 0 saturated carbocycles. The third-order valence-corrected chi connectivity index (χ3v) is 7.72. The summed E-state index contributed by atoms with van der Waals surface area (Å²) in [6.45, 7) is 2.48. The SMILES string of the molecule is C[C@@H]1COCCN1c1nc(-c2cnc(N)cc2F)nc2ccc(-c3cccc(NS(=O)(=O)CCCF)c3F)nc12. The van der Waals surface area contributed by atoms with Gasteiger partial charge in [0.1, 0.15) is 17.2 Å². The number of sulfonamides is 1. The largest absolute Gasteiger partial charge is 0.384 e. The van der Waals surface area contributed by atoms with Crippen LogP contribution in [0.25, 0.3) is 33.7 Å². The van der Waals surface area contributed by atoms with Crippen LogP contribution in [0.4, 0.5) is 30.5 Å². The van der Waals surface area contributed by atoms with Crippen molar-refractivity contribution in [2.45, 2.75) is 19.4 Å². The Balaban J connectivity index is 1.63. The number of hydrogen-bond donors (Lipinski definition) is 2. The number of nitrogen functional groups attached to an aromatic ring is 1. The van der Waals surface area contributed by atoms with Crippen LogP contribution < -0.4 is 15.4 Å². The molecule has 0 amide bonds. The fourth-order valence-corrected chi connectivity index (χ4v) is 5.48. The predicted molar refractivity (Wildman–Crippen MR) is 146 cm³/mol. The van der Waals surface area contributed by atoms with E-state index < -0.39 is 34.1 Å². The molecule has 1 atom stereocenters. The van der Waals surface area contributed by atoms with Crippen LogP contribution in [0.3, 0.4) is 0 Å². The Bertz CT molecular complexity index is 1670. The first kappa shape index (κ1) is 27.5. The lowest BCUT2D eigenvalue weighted by Gasteiger charge is -2.34. The van der Waals surface area contributed by atoms with Gasteiger partial charge in [0.25, 0.3) is 0 Å². The van der Waals surface area contributed by atoms with Crippen LogP contribution >= 0.6 is 0 Å². The minimum absolute atomic E-state index is 0.0179. The van der Waals surface area contributed by atoms with Crippen molar-refractivity contribution in [3.05, 3.63) is 54.2 Å². The lowest BCUT2D eigenvalue weighted by atomic mass is 10.1. The molecule has 0 radical (unpaired) electrons. The van der Waals surface area contributed by atoms with E-state index in [4.69, 9.17) is 10.5 Å². The number of rotatable bonds is 8. The Hall–Kier alpha value is -4.04. The summed E-state index contributed by atoms with van der Waals surface area (Å²) in [4.78, 5) is 19.7. The number of nitrogens with one attached hydrogen (secondary N) is 1. The molecule has 4 aromatic rings. The Morgan fingerprint density at radius 2 is 1.98 bits per heavy atom. The minimum Gasteiger partial charge on any atom is -0.384 e. The van der Waals surface area contributed by atoms with Crippen LogP contribution in [-0.2, 0) is 14.8 Å². The molecular formula is C26H26F3N7O3S. The molecule has 1 aliphatic heterocycles. The van der Waals surface area contributed by atoms with Crippen molar-refractivity contribution >= 4 is 38.4 Å². The van der Waals surface area contributed by atoms with Gasteiger partial charge < -0.3 is 15.4 Å². The van der Waals surface area contributed by atoms with Gasteiger partial charge in [-0.15, -0.1) is 0 Å². The molecule has 5 rings (SSSR count). The lowest BCUT2D eigenvalue weighted by molar-refractivity contribution is 0.0987. The van der Waals surface area contributed by atoms with Gasteiger partial charge in [0.2, 0.25) is 10.0 Å². The number of morpholine rings is 1. The number of nitrogens with two attached hydrogens (primary N) is 1. The molecule has 1 fully saturated rings. The first-order chi connectivity index (χ1) is 19.2. The molecule has 4 heterocycles. The predicted octanol–water partition coefficient (Wildman–Crippen LogP) is 3.94. The maximum Gasteiger partial charge on any atom is 0.232 e. The summed E-state index contributed by atoms with van der Waals surface area (Å²) in [5, 5.41) is 0. The molecule has 1 saturated heterocycles. The number of nitrogens with zero attached hydrogens (tertiary/aromatic N) is 5. The highest BCUT2D eigenvalue weighted by Crippen LogP contribution is 2.33. The van der Waals surface area contributed by atoms with Crippen LogP contribution in [0.2, 0.25) is 0 Å². The van der Waals surface area contributed by atoms with E-state index in [1.165, 1.54) is 30.5 Å². The zero-order chi connectivity index (χ0) is 28.4. The van der Waals surface area contributed by atoms with E-state index >= 15 is 4.39 Å². The average molecular weight is 574 g/mol. The maximum atomic E-state index is 15.5. The summed E-state index contributed by atoms with van der Waals surface area (Å²) in [6, 6.07) is 8.35. The molecule has 40 heavy (non-hydrogen) atoms. The smallest absolute Gasteiger partial charge is 0.232 e. The van der Waals surface area contributed by atoms with E-state index in [1.807, 2.05) is 11.8 Å². The summed E-state index contributed by atoms with van der Waals surface area (Å²) >= 11 is 0. The molecule has 210 valence electrons. The van der Waals surface area contributed by atoms with Gasteiger partial charge in [-0.05, 0) is 37.6 Å². The Labute approximate surface area is 228 Å². The van der Waals surface area contributed by atoms with Crippen molar-refractivity contribution < 1.29 is 26.3 Å². The van der Waals surface area contributed by atoms with Crippen molar-refractivity contribution in [2.75, 3.05) is 47.5 Å². The maximum absolute atomic E-state index is 15.5. The zero-order valence-electron chi connectivity index (χ0n) is 21.4. The van der Waals surface area contributed by atoms with Crippen molar-refractivity contribution in [3.63, 3.8) is 0 Å². The van der Waals surface area contributed by atoms with E-state index in [0.717, 1.165) is 6.07 Å². The molecule has 0 bridgehead atoms. The van der Waals surface area contributed by atoms with Gasteiger partial charge in [0.15, 0.2) is 17.5 Å². The van der Waals surface area contributed by atoms with E-state index in [0.29, 0.717) is 36.6 Å². The van der Waals surface area contributed by atoms with Gasteiger partial charge in [0.05, 0.1) is 54.1 Å². The lowest BCUT2D eigenvalue weighted by Crippen LogP contribution is -2.44. The number of aromatic nitrogens is 4. The molecule has 0 unspecified atom stereocenters. The third-order valence-electron chi connectivity index (χ3n) is 6.37.